The lowest BCUT2D eigenvalue weighted by Crippen LogP contribution is -2.27. The summed E-state index contributed by atoms with van der Waals surface area (Å²) < 4.78 is 0. The highest BCUT2D eigenvalue weighted by Crippen LogP contribution is 1.89. The molecule has 2 N–H and O–H groups in total. The number of nitrogens with one attached hydrogen (secondary N) is 2. The second-order valence-corrected chi connectivity index (χ2v) is 4.27. The van der Waals surface area contributed by atoms with Crippen molar-refractivity contribution in [3.8, 4) is 0 Å². The molecule has 0 aliphatic rings. The molecular weight excluding hydrogens is 296 g/mol. The molecule has 0 saturated heterocycles. The van der Waals surface area contributed by atoms with E-state index in [2.05, 4.69) is 31.0 Å². The van der Waals surface area contributed by atoms with Crippen LogP contribution in [0.3, 0.4) is 0 Å². The third-order valence-corrected chi connectivity index (χ3v) is 2.47. The molecule has 0 aromatic carbocycles. The van der Waals surface area contributed by atoms with E-state index in [0.29, 0.717) is 11.4 Å². The Hall–Kier alpha value is -3.42. The molecule has 0 unspecified atom stereocenters. The number of pyridine rings is 2. The van der Waals surface area contributed by atoms with Gasteiger partial charge in [0.2, 0.25) is 11.8 Å². The van der Waals surface area contributed by atoms with Gasteiger partial charge in [0.15, 0.2) is 0 Å². The predicted octanol–water partition coefficient (Wildman–Crippen LogP) is 0.467. The molecule has 0 aliphatic heterocycles. The van der Waals surface area contributed by atoms with Gasteiger partial charge in [-0.05, 0) is 24.3 Å². The molecule has 8 nitrogen and oxygen atoms in total. The van der Waals surface area contributed by atoms with E-state index in [1.807, 2.05) is 0 Å². The van der Waals surface area contributed by atoms with Crippen molar-refractivity contribution in [1.29, 1.82) is 0 Å². The van der Waals surface area contributed by atoms with Gasteiger partial charge < -0.3 is 0 Å². The Kier molecular flexibility index (Phi) is 6.09. The van der Waals surface area contributed by atoms with Gasteiger partial charge in [0.05, 0.1) is 23.8 Å². The highest BCUT2D eigenvalue weighted by Gasteiger charge is 2.07. The van der Waals surface area contributed by atoms with E-state index >= 15 is 0 Å². The highest BCUT2D eigenvalue weighted by atomic mass is 16.2. The van der Waals surface area contributed by atoms with Crippen molar-refractivity contribution < 1.29 is 9.59 Å². The van der Waals surface area contributed by atoms with E-state index in [1.165, 1.54) is 12.4 Å². The Morgan fingerprint density at radius 2 is 1.35 bits per heavy atom. The number of carbonyl (C=O) groups is 2. The van der Waals surface area contributed by atoms with Gasteiger partial charge in [-0.3, -0.25) is 19.6 Å². The van der Waals surface area contributed by atoms with Gasteiger partial charge in [-0.15, -0.1) is 0 Å². The molecule has 0 radical (unpaired) electrons. The van der Waals surface area contributed by atoms with Crippen LogP contribution < -0.4 is 10.9 Å². The maximum atomic E-state index is 11.5. The Labute approximate surface area is 132 Å². The molecule has 0 atom stereocenters. The predicted molar refractivity (Wildman–Crippen MR) is 84.6 cm³/mol. The molecule has 0 fully saturated rings. The van der Waals surface area contributed by atoms with Gasteiger partial charge in [0.25, 0.3) is 0 Å². The largest absolute Gasteiger partial charge is 0.273 e. The van der Waals surface area contributed by atoms with Crippen LogP contribution in [0.5, 0.6) is 0 Å². The van der Waals surface area contributed by atoms with Crippen LogP contribution in [-0.2, 0) is 9.59 Å². The topological polar surface area (TPSA) is 109 Å². The summed E-state index contributed by atoms with van der Waals surface area (Å²) in [6, 6.07) is 10.6. The molecule has 2 rings (SSSR count). The van der Waals surface area contributed by atoms with Gasteiger partial charge in [0.1, 0.15) is 6.42 Å². The zero-order valence-corrected chi connectivity index (χ0v) is 12.1. The minimum atomic E-state index is -0.553. The lowest BCUT2D eigenvalue weighted by molar-refractivity contribution is -0.129. The number of hydrogen-bond donors (Lipinski definition) is 2. The number of rotatable bonds is 6. The number of nitrogens with zero attached hydrogens (tertiary/aromatic N) is 4. The van der Waals surface area contributed by atoms with Gasteiger partial charge in [0, 0.05) is 12.4 Å². The minimum absolute atomic E-state index is 0.390. The Bertz CT molecular complexity index is 639. The van der Waals surface area contributed by atoms with E-state index in [-0.39, 0.29) is 6.42 Å². The maximum absolute atomic E-state index is 11.5. The Morgan fingerprint density at radius 3 is 1.74 bits per heavy atom. The lowest BCUT2D eigenvalue weighted by Gasteiger charge is -1.99. The van der Waals surface area contributed by atoms with Crippen LogP contribution in [0.25, 0.3) is 0 Å². The fourth-order valence-electron chi connectivity index (χ4n) is 1.47. The molecule has 2 aromatic heterocycles. The summed E-state index contributed by atoms with van der Waals surface area (Å²) >= 11 is 0. The average Bonchev–Trinajstić information content (AvgIpc) is 2.57. The van der Waals surface area contributed by atoms with Crippen molar-refractivity contribution in [2.24, 2.45) is 10.2 Å². The first-order valence-corrected chi connectivity index (χ1v) is 6.70. The third kappa shape index (κ3) is 6.25. The quantitative estimate of drug-likeness (QED) is 0.459. The van der Waals surface area contributed by atoms with Crippen molar-refractivity contribution in [2.45, 2.75) is 6.42 Å². The van der Waals surface area contributed by atoms with Crippen molar-refractivity contribution in [2.75, 3.05) is 0 Å². The van der Waals surface area contributed by atoms with Gasteiger partial charge in [-0.2, -0.15) is 10.2 Å². The summed E-state index contributed by atoms with van der Waals surface area (Å²) in [6.45, 7) is 0. The summed E-state index contributed by atoms with van der Waals surface area (Å²) in [4.78, 5) is 31.0. The highest BCUT2D eigenvalue weighted by molar-refractivity contribution is 5.97. The van der Waals surface area contributed by atoms with Crippen molar-refractivity contribution >= 4 is 24.2 Å². The van der Waals surface area contributed by atoms with Crippen LogP contribution in [0, 0.1) is 0 Å². The van der Waals surface area contributed by atoms with Gasteiger partial charge in [-0.1, -0.05) is 12.1 Å². The van der Waals surface area contributed by atoms with Gasteiger partial charge in [-0.25, -0.2) is 10.9 Å². The van der Waals surface area contributed by atoms with Crippen molar-refractivity contribution in [3.63, 3.8) is 0 Å². The fraction of sp³-hybridized carbons (Fsp3) is 0.0667. The molecule has 0 bridgehead atoms. The summed E-state index contributed by atoms with van der Waals surface area (Å²) in [6.07, 6.45) is 5.59. The molecular formula is C15H14N6O2. The lowest BCUT2D eigenvalue weighted by atomic mass is 10.4. The van der Waals surface area contributed by atoms with E-state index in [9.17, 15) is 9.59 Å². The van der Waals surface area contributed by atoms with Crippen LogP contribution in [0.2, 0.25) is 0 Å². The smallest absolute Gasteiger partial charge is 0.249 e. The summed E-state index contributed by atoms with van der Waals surface area (Å²) in [5.41, 5.74) is 5.66. The van der Waals surface area contributed by atoms with Crippen LogP contribution in [0.1, 0.15) is 17.8 Å². The number of hydrazone groups is 2. The molecule has 2 amide bonds. The number of aromatic nitrogens is 2. The molecule has 8 heteroatoms. The third-order valence-electron chi connectivity index (χ3n) is 2.47. The standard InChI is InChI=1S/C15H14N6O2/c22-14(20-18-10-12-5-1-3-7-16-12)9-15(23)21-19-11-13-6-2-4-8-17-13/h1-8,10-11H,9H2,(H,20,22)(H,21,23). The van der Waals surface area contributed by atoms with Crippen LogP contribution >= 0.6 is 0 Å². The maximum Gasteiger partial charge on any atom is 0.249 e. The second-order valence-electron chi connectivity index (χ2n) is 4.27. The molecule has 2 aromatic rings. The van der Waals surface area contributed by atoms with Crippen LogP contribution in [0.15, 0.2) is 59.0 Å². The summed E-state index contributed by atoms with van der Waals surface area (Å²) in [5, 5.41) is 7.41. The van der Waals surface area contributed by atoms with Crippen LogP contribution in [0.4, 0.5) is 0 Å². The Morgan fingerprint density at radius 1 is 0.870 bits per heavy atom. The Balaban J connectivity index is 1.71. The van der Waals surface area contributed by atoms with E-state index < -0.39 is 11.8 Å². The SMILES string of the molecule is O=C(CC(=O)NN=Cc1ccccn1)NN=Cc1ccccn1. The van der Waals surface area contributed by atoms with E-state index in [0.717, 1.165) is 0 Å². The first-order chi connectivity index (χ1) is 11.2. The first kappa shape index (κ1) is 16.0. The van der Waals surface area contributed by atoms with Crippen molar-refractivity contribution in [3.05, 3.63) is 60.2 Å². The molecule has 0 aliphatic carbocycles. The second kappa shape index (κ2) is 8.78. The van der Waals surface area contributed by atoms with E-state index in [1.54, 1.807) is 48.8 Å². The zero-order valence-electron chi connectivity index (χ0n) is 12.1. The number of carbonyl (C=O) groups excluding carboxylic acids is 2. The normalized spacial score (nSPS) is 10.8. The zero-order chi connectivity index (χ0) is 16.3. The van der Waals surface area contributed by atoms with E-state index in [4.69, 9.17) is 0 Å². The van der Waals surface area contributed by atoms with Gasteiger partial charge >= 0.3 is 0 Å². The molecule has 2 heterocycles. The first-order valence-electron chi connectivity index (χ1n) is 6.70. The molecule has 116 valence electrons. The average molecular weight is 310 g/mol. The van der Waals surface area contributed by atoms with Crippen molar-refractivity contribution in [1.82, 2.24) is 20.8 Å². The summed E-state index contributed by atoms with van der Waals surface area (Å²) in [5.74, 6) is -1.11. The summed E-state index contributed by atoms with van der Waals surface area (Å²) in [7, 11) is 0. The molecule has 23 heavy (non-hydrogen) atoms. The molecule has 0 spiro atoms. The minimum Gasteiger partial charge on any atom is -0.273 e. The molecule has 0 saturated carbocycles. The fourth-order valence-corrected chi connectivity index (χ4v) is 1.47. The van der Waals surface area contributed by atoms with Crippen LogP contribution in [-0.4, -0.2) is 34.2 Å². The monoisotopic (exact) mass is 310 g/mol. The number of hydrogen-bond acceptors (Lipinski definition) is 6. The number of amides is 2.